The van der Waals surface area contributed by atoms with Crippen LogP contribution in [0.4, 0.5) is 14.6 Å². The summed E-state index contributed by atoms with van der Waals surface area (Å²) < 4.78 is 25.9. The van der Waals surface area contributed by atoms with Gasteiger partial charge >= 0.3 is 5.97 Å². The molecule has 104 valence electrons. The van der Waals surface area contributed by atoms with Gasteiger partial charge in [-0.2, -0.15) is 0 Å². The van der Waals surface area contributed by atoms with E-state index in [1.807, 2.05) is 0 Å². The summed E-state index contributed by atoms with van der Waals surface area (Å²) >= 11 is 0. The maximum Gasteiger partial charge on any atom is 0.339 e. The fourth-order valence-corrected chi connectivity index (χ4v) is 1.80. The molecule has 0 bridgehead atoms. The van der Waals surface area contributed by atoms with Gasteiger partial charge in [0.15, 0.2) is 11.6 Å². The number of hydrogen-bond donors (Lipinski definition) is 2. The molecule has 0 saturated carbocycles. The number of carboxylic acids is 1. The summed E-state index contributed by atoms with van der Waals surface area (Å²) in [5, 5.41) is 12.0. The highest BCUT2D eigenvalue weighted by molar-refractivity contribution is 5.94. The molecule has 0 spiro atoms. The Morgan fingerprint density at radius 2 is 2.05 bits per heavy atom. The number of aromatic carboxylic acids is 1. The van der Waals surface area contributed by atoms with Gasteiger partial charge in [-0.15, -0.1) is 0 Å². The Labute approximate surface area is 114 Å². The number of nitrogens with one attached hydrogen (secondary N) is 1. The first-order chi connectivity index (χ1) is 9.49. The van der Waals surface area contributed by atoms with Gasteiger partial charge in [0, 0.05) is 12.7 Å². The second kappa shape index (κ2) is 5.64. The minimum Gasteiger partial charge on any atom is -0.478 e. The van der Waals surface area contributed by atoms with Gasteiger partial charge in [-0.25, -0.2) is 18.6 Å². The van der Waals surface area contributed by atoms with Gasteiger partial charge in [0.1, 0.15) is 11.4 Å². The maximum atomic E-state index is 13.1. The zero-order valence-corrected chi connectivity index (χ0v) is 10.7. The fourth-order valence-electron chi connectivity index (χ4n) is 1.80. The summed E-state index contributed by atoms with van der Waals surface area (Å²) in [5.74, 6) is -2.76. The summed E-state index contributed by atoms with van der Waals surface area (Å²) in [6, 6.07) is 5.08. The van der Waals surface area contributed by atoms with Crippen molar-refractivity contribution < 1.29 is 18.7 Å². The zero-order valence-electron chi connectivity index (χ0n) is 10.7. The van der Waals surface area contributed by atoms with Crippen molar-refractivity contribution in [2.24, 2.45) is 0 Å². The minimum absolute atomic E-state index is 0.0649. The highest BCUT2D eigenvalue weighted by Gasteiger charge is 2.14. The molecule has 0 fully saturated rings. The van der Waals surface area contributed by atoms with Gasteiger partial charge < -0.3 is 10.4 Å². The molecule has 2 N–H and O–H groups in total. The van der Waals surface area contributed by atoms with E-state index in [9.17, 15) is 13.6 Å². The molecule has 6 heteroatoms. The topological polar surface area (TPSA) is 62.2 Å². The van der Waals surface area contributed by atoms with Crippen LogP contribution in [0, 0.1) is 18.6 Å². The SMILES string of the molecule is Cc1ccnc(NCc2ccc(F)c(F)c2)c1C(=O)O. The Kier molecular flexibility index (Phi) is 3.93. The number of halogens is 2. The highest BCUT2D eigenvalue weighted by atomic mass is 19.2. The summed E-state index contributed by atoms with van der Waals surface area (Å²) in [6.07, 6.45) is 1.48. The van der Waals surface area contributed by atoms with Crippen molar-refractivity contribution in [1.82, 2.24) is 4.98 Å². The standard InChI is InChI=1S/C14H12F2N2O2/c1-8-4-5-17-13(12(8)14(19)20)18-7-9-2-3-10(15)11(16)6-9/h2-6H,7H2,1H3,(H,17,18)(H,19,20). The number of benzene rings is 1. The van der Waals surface area contributed by atoms with Crippen LogP contribution in [0.1, 0.15) is 21.5 Å². The number of pyridine rings is 1. The normalized spacial score (nSPS) is 10.3. The van der Waals surface area contributed by atoms with Crippen LogP contribution >= 0.6 is 0 Å². The lowest BCUT2D eigenvalue weighted by molar-refractivity contribution is 0.0697. The van der Waals surface area contributed by atoms with Crippen LogP contribution in [0.2, 0.25) is 0 Å². The molecule has 0 aliphatic carbocycles. The van der Waals surface area contributed by atoms with Gasteiger partial charge in [-0.05, 0) is 36.2 Å². The van der Waals surface area contributed by atoms with E-state index >= 15 is 0 Å². The molecule has 2 aromatic rings. The van der Waals surface area contributed by atoms with Crippen LogP contribution in [-0.4, -0.2) is 16.1 Å². The summed E-state index contributed by atoms with van der Waals surface area (Å²) in [6.45, 7) is 1.81. The molecule has 0 aliphatic rings. The number of anilines is 1. The molecule has 1 heterocycles. The second-order valence-electron chi connectivity index (χ2n) is 4.26. The van der Waals surface area contributed by atoms with E-state index in [1.54, 1.807) is 13.0 Å². The Morgan fingerprint density at radius 3 is 2.70 bits per heavy atom. The first kappa shape index (κ1) is 13.9. The van der Waals surface area contributed by atoms with Crippen molar-refractivity contribution in [3.05, 3.63) is 58.8 Å². The number of carbonyl (C=O) groups is 1. The number of rotatable bonds is 4. The average Bonchev–Trinajstić information content (AvgIpc) is 2.39. The summed E-state index contributed by atoms with van der Waals surface area (Å²) in [4.78, 5) is 15.1. The molecule has 20 heavy (non-hydrogen) atoms. The largest absolute Gasteiger partial charge is 0.478 e. The predicted octanol–water partition coefficient (Wildman–Crippen LogP) is 2.98. The molecule has 2 rings (SSSR count). The highest BCUT2D eigenvalue weighted by Crippen LogP contribution is 2.18. The molecule has 0 atom stereocenters. The van der Waals surface area contributed by atoms with Crippen LogP contribution < -0.4 is 5.32 Å². The lowest BCUT2D eigenvalue weighted by atomic mass is 10.1. The molecular formula is C14H12F2N2O2. The number of hydrogen-bond acceptors (Lipinski definition) is 3. The Bertz CT molecular complexity index is 660. The Morgan fingerprint density at radius 1 is 1.30 bits per heavy atom. The number of carboxylic acid groups (broad SMARTS) is 1. The molecule has 0 radical (unpaired) electrons. The molecule has 1 aromatic heterocycles. The smallest absolute Gasteiger partial charge is 0.339 e. The third-order valence-corrected chi connectivity index (χ3v) is 2.82. The second-order valence-corrected chi connectivity index (χ2v) is 4.26. The van der Waals surface area contributed by atoms with Crippen LogP contribution in [0.3, 0.4) is 0 Å². The van der Waals surface area contributed by atoms with E-state index in [0.717, 1.165) is 12.1 Å². The van der Waals surface area contributed by atoms with Crippen LogP contribution in [0.5, 0.6) is 0 Å². The van der Waals surface area contributed by atoms with Crippen LogP contribution in [-0.2, 0) is 6.54 Å². The monoisotopic (exact) mass is 278 g/mol. The number of aromatic nitrogens is 1. The first-order valence-electron chi connectivity index (χ1n) is 5.85. The summed E-state index contributed by atoms with van der Waals surface area (Å²) in [7, 11) is 0. The molecular weight excluding hydrogens is 266 g/mol. The van der Waals surface area contributed by atoms with Gasteiger partial charge in [0.25, 0.3) is 0 Å². The number of nitrogens with zero attached hydrogens (tertiary/aromatic N) is 1. The van der Waals surface area contributed by atoms with Gasteiger partial charge in [-0.3, -0.25) is 0 Å². The van der Waals surface area contributed by atoms with E-state index in [1.165, 1.54) is 12.3 Å². The van der Waals surface area contributed by atoms with Crippen molar-refractivity contribution in [1.29, 1.82) is 0 Å². The molecule has 0 aliphatic heterocycles. The van der Waals surface area contributed by atoms with E-state index in [2.05, 4.69) is 10.3 Å². The molecule has 1 aromatic carbocycles. The molecule has 0 amide bonds. The maximum absolute atomic E-state index is 13.1. The van der Waals surface area contributed by atoms with Crippen molar-refractivity contribution in [3.63, 3.8) is 0 Å². The van der Waals surface area contributed by atoms with Crippen molar-refractivity contribution >= 4 is 11.8 Å². The van der Waals surface area contributed by atoms with Crippen molar-refractivity contribution in [3.8, 4) is 0 Å². The Hall–Kier alpha value is -2.50. The lowest BCUT2D eigenvalue weighted by Crippen LogP contribution is -2.10. The first-order valence-corrected chi connectivity index (χ1v) is 5.85. The third kappa shape index (κ3) is 2.90. The van der Waals surface area contributed by atoms with E-state index in [-0.39, 0.29) is 17.9 Å². The number of aryl methyl sites for hydroxylation is 1. The summed E-state index contributed by atoms with van der Waals surface area (Å²) in [5.41, 5.74) is 1.12. The third-order valence-electron chi connectivity index (χ3n) is 2.82. The molecule has 0 saturated heterocycles. The van der Waals surface area contributed by atoms with Gasteiger partial charge in [0.2, 0.25) is 0 Å². The predicted molar refractivity (Wildman–Crippen MR) is 69.6 cm³/mol. The Balaban J connectivity index is 2.21. The molecule has 0 unspecified atom stereocenters. The zero-order chi connectivity index (χ0) is 14.7. The van der Waals surface area contributed by atoms with Crippen LogP contribution in [0.25, 0.3) is 0 Å². The van der Waals surface area contributed by atoms with E-state index < -0.39 is 17.6 Å². The quantitative estimate of drug-likeness (QED) is 0.902. The lowest BCUT2D eigenvalue weighted by Gasteiger charge is -2.10. The van der Waals surface area contributed by atoms with Gasteiger partial charge in [0.05, 0.1) is 0 Å². The van der Waals surface area contributed by atoms with Crippen LogP contribution in [0.15, 0.2) is 30.5 Å². The van der Waals surface area contributed by atoms with Gasteiger partial charge in [-0.1, -0.05) is 6.07 Å². The van der Waals surface area contributed by atoms with E-state index in [0.29, 0.717) is 11.1 Å². The minimum atomic E-state index is -1.09. The van der Waals surface area contributed by atoms with Crippen molar-refractivity contribution in [2.45, 2.75) is 13.5 Å². The molecule has 4 nitrogen and oxygen atoms in total. The van der Waals surface area contributed by atoms with E-state index in [4.69, 9.17) is 5.11 Å². The van der Waals surface area contributed by atoms with Crippen molar-refractivity contribution in [2.75, 3.05) is 5.32 Å². The fraction of sp³-hybridized carbons (Fsp3) is 0.143. The average molecular weight is 278 g/mol.